The van der Waals surface area contributed by atoms with Gasteiger partial charge in [0.25, 0.3) is 5.91 Å². The summed E-state index contributed by atoms with van der Waals surface area (Å²) in [7, 11) is 0. The Balaban J connectivity index is 2.03. The fourth-order valence-corrected chi connectivity index (χ4v) is 2.73. The van der Waals surface area contributed by atoms with Gasteiger partial charge in [-0.3, -0.25) is 4.79 Å². The van der Waals surface area contributed by atoms with Crippen LogP contribution in [0.4, 0.5) is 0 Å². The van der Waals surface area contributed by atoms with E-state index < -0.39 is 12.0 Å². The summed E-state index contributed by atoms with van der Waals surface area (Å²) in [6.07, 6.45) is 4.15. The second kappa shape index (κ2) is 4.59. The third-order valence-electron chi connectivity index (χ3n) is 3.74. The first-order chi connectivity index (χ1) is 9.59. The van der Waals surface area contributed by atoms with Gasteiger partial charge in [-0.15, -0.1) is 0 Å². The summed E-state index contributed by atoms with van der Waals surface area (Å²) in [6, 6.07) is 0.841. The number of nitrogens with one attached hydrogen (secondary N) is 1. The van der Waals surface area contributed by atoms with Gasteiger partial charge in [0.15, 0.2) is 0 Å². The summed E-state index contributed by atoms with van der Waals surface area (Å²) in [4.78, 5) is 36.3. The number of carboxylic acids is 1. The number of aromatic amines is 1. The first-order valence-electron chi connectivity index (χ1n) is 6.43. The van der Waals surface area contributed by atoms with Gasteiger partial charge in [-0.1, -0.05) is 0 Å². The molecule has 2 atom stereocenters. The van der Waals surface area contributed by atoms with Crippen molar-refractivity contribution in [1.29, 1.82) is 0 Å². The van der Waals surface area contributed by atoms with Crippen LogP contribution in [-0.2, 0) is 4.79 Å². The third-order valence-corrected chi connectivity index (χ3v) is 3.74. The van der Waals surface area contributed by atoms with Crippen LogP contribution in [0.1, 0.15) is 30.3 Å². The van der Waals surface area contributed by atoms with Crippen LogP contribution in [0.15, 0.2) is 18.6 Å². The minimum Gasteiger partial charge on any atom is -0.480 e. The number of carbonyl (C=O) groups excluding carboxylic acids is 1. The first kappa shape index (κ1) is 12.6. The number of rotatable bonds is 2. The lowest BCUT2D eigenvalue weighted by Crippen LogP contribution is -2.44. The van der Waals surface area contributed by atoms with E-state index in [-0.39, 0.29) is 17.6 Å². The number of hydrogen-bond donors (Lipinski definition) is 2. The smallest absolute Gasteiger partial charge is 0.326 e. The molecule has 7 nitrogen and oxygen atoms in total. The van der Waals surface area contributed by atoms with Gasteiger partial charge >= 0.3 is 5.97 Å². The average molecular weight is 274 g/mol. The molecule has 20 heavy (non-hydrogen) atoms. The molecule has 3 heterocycles. The van der Waals surface area contributed by atoms with E-state index in [0.29, 0.717) is 23.9 Å². The molecule has 0 spiro atoms. The monoisotopic (exact) mass is 274 g/mol. The SMILES string of the molecule is C[C@@H]1CC[C@H](C(=O)O)N1C(=O)c1ncnc2[nH]ccc12. The number of H-pyrrole nitrogens is 1. The summed E-state index contributed by atoms with van der Waals surface area (Å²) in [6.45, 7) is 1.86. The molecule has 0 aromatic carbocycles. The van der Waals surface area contributed by atoms with Crippen LogP contribution in [0, 0.1) is 0 Å². The minimum atomic E-state index is -0.970. The van der Waals surface area contributed by atoms with Gasteiger partial charge < -0.3 is 15.0 Å². The van der Waals surface area contributed by atoms with Crippen LogP contribution < -0.4 is 0 Å². The summed E-state index contributed by atoms with van der Waals surface area (Å²) in [5.41, 5.74) is 0.818. The van der Waals surface area contributed by atoms with Gasteiger partial charge in [-0.25, -0.2) is 14.8 Å². The third kappa shape index (κ3) is 1.82. The topological polar surface area (TPSA) is 99.2 Å². The van der Waals surface area contributed by atoms with E-state index >= 15 is 0 Å². The van der Waals surface area contributed by atoms with Crippen molar-refractivity contribution < 1.29 is 14.7 Å². The van der Waals surface area contributed by atoms with Gasteiger partial charge in [-0.2, -0.15) is 0 Å². The Hall–Kier alpha value is -2.44. The van der Waals surface area contributed by atoms with Crippen molar-refractivity contribution in [1.82, 2.24) is 19.9 Å². The maximum Gasteiger partial charge on any atom is 0.326 e. The summed E-state index contributed by atoms with van der Waals surface area (Å²) in [5.74, 6) is -1.32. The highest BCUT2D eigenvalue weighted by atomic mass is 16.4. The molecule has 0 saturated carbocycles. The van der Waals surface area contributed by atoms with Crippen LogP contribution >= 0.6 is 0 Å². The van der Waals surface area contributed by atoms with Crippen molar-refractivity contribution in [3.8, 4) is 0 Å². The van der Waals surface area contributed by atoms with E-state index in [1.165, 1.54) is 11.2 Å². The lowest BCUT2D eigenvalue weighted by Gasteiger charge is -2.25. The van der Waals surface area contributed by atoms with Crippen molar-refractivity contribution >= 4 is 22.9 Å². The Morgan fingerprint density at radius 2 is 2.20 bits per heavy atom. The summed E-state index contributed by atoms with van der Waals surface area (Å²) in [5, 5.41) is 9.85. The molecule has 0 unspecified atom stereocenters. The summed E-state index contributed by atoms with van der Waals surface area (Å²) >= 11 is 0. The quantitative estimate of drug-likeness (QED) is 0.852. The molecule has 0 aliphatic carbocycles. The van der Waals surface area contributed by atoms with Crippen LogP contribution in [-0.4, -0.2) is 48.9 Å². The predicted molar refractivity (Wildman–Crippen MR) is 70.2 cm³/mol. The molecular weight excluding hydrogens is 260 g/mol. The van der Waals surface area contributed by atoms with Gasteiger partial charge in [-0.05, 0) is 25.8 Å². The molecule has 1 aliphatic rings. The molecule has 1 saturated heterocycles. The Kier molecular flexibility index (Phi) is 2.89. The van der Waals surface area contributed by atoms with E-state index in [1.807, 2.05) is 6.92 Å². The molecule has 2 aromatic heterocycles. The zero-order valence-electron chi connectivity index (χ0n) is 10.9. The number of aromatic nitrogens is 3. The zero-order valence-corrected chi connectivity index (χ0v) is 10.9. The van der Waals surface area contributed by atoms with Gasteiger partial charge in [0, 0.05) is 12.2 Å². The number of nitrogens with zero attached hydrogens (tertiary/aromatic N) is 3. The van der Waals surface area contributed by atoms with Crippen LogP contribution in [0.3, 0.4) is 0 Å². The molecule has 2 N–H and O–H groups in total. The standard InChI is InChI=1S/C13H14N4O3/c1-7-2-3-9(13(19)20)17(7)12(18)10-8-4-5-14-11(8)16-6-15-10/h4-7,9H,2-3H2,1H3,(H,19,20)(H,14,15,16)/t7-,9-/m1/s1. The Bertz CT molecular complexity index is 681. The Labute approximate surface area is 114 Å². The van der Waals surface area contributed by atoms with Crippen LogP contribution in [0.2, 0.25) is 0 Å². The van der Waals surface area contributed by atoms with E-state index in [9.17, 15) is 14.7 Å². The highest BCUT2D eigenvalue weighted by Crippen LogP contribution is 2.27. The van der Waals surface area contributed by atoms with E-state index in [1.54, 1.807) is 12.3 Å². The Morgan fingerprint density at radius 3 is 2.95 bits per heavy atom. The van der Waals surface area contributed by atoms with E-state index in [4.69, 9.17) is 0 Å². The molecule has 1 aliphatic heterocycles. The van der Waals surface area contributed by atoms with E-state index in [0.717, 1.165) is 0 Å². The lowest BCUT2D eigenvalue weighted by atomic mass is 10.2. The highest BCUT2D eigenvalue weighted by molar-refractivity contribution is 6.05. The zero-order chi connectivity index (χ0) is 14.3. The highest BCUT2D eigenvalue weighted by Gasteiger charge is 2.40. The first-order valence-corrected chi connectivity index (χ1v) is 6.43. The van der Waals surface area contributed by atoms with Crippen molar-refractivity contribution in [3.05, 3.63) is 24.3 Å². The molecule has 2 aromatic rings. The molecule has 0 bridgehead atoms. The maximum absolute atomic E-state index is 12.6. The normalized spacial score (nSPS) is 22.4. The molecule has 1 fully saturated rings. The minimum absolute atomic E-state index is 0.104. The van der Waals surface area contributed by atoms with Crippen molar-refractivity contribution in [2.45, 2.75) is 31.8 Å². The number of likely N-dealkylation sites (tertiary alicyclic amines) is 1. The second-order valence-corrected chi connectivity index (χ2v) is 4.96. The maximum atomic E-state index is 12.6. The van der Waals surface area contributed by atoms with Crippen molar-refractivity contribution in [2.24, 2.45) is 0 Å². The predicted octanol–water partition coefficient (Wildman–Crippen LogP) is 1.04. The van der Waals surface area contributed by atoms with Gasteiger partial charge in [0.1, 0.15) is 23.7 Å². The molecule has 104 valence electrons. The molecule has 3 rings (SSSR count). The van der Waals surface area contributed by atoms with Crippen LogP contribution in [0.5, 0.6) is 0 Å². The molecular formula is C13H14N4O3. The summed E-state index contributed by atoms with van der Waals surface area (Å²) < 4.78 is 0. The van der Waals surface area contributed by atoms with Crippen molar-refractivity contribution in [2.75, 3.05) is 0 Å². The fourth-order valence-electron chi connectivity index (χ4n) is 2.73. The molecule has 1 amide bonds. The Morgan fingerprint density at radius 1 is 1.40 bits per heavy atom. The largest absolute Gasteiger partial charge is 0.480 e. The number of carboxylic acid groups (broad SMARTS) is 1. The van der Waals surface area contributed by atoms with Crippen LogP contribution in [0.25, 0.3) is 11.0 Å². The lowest BCUT2D eigenvalue weighted by molar-refractivity contribution is -0.141. The van der Waals surface area contributed by atoms with Crippen molar-refractivity contribution in [3.63, 3.8) is 0 Å². The average Bonchev–Trinajstić information content (AvgIpc) is 3.03. The van der Waals surface area contributed by atoms with E-state index in [2.05, 4.69) is 15.0 Å². The molecule has 0 radical (unpaired) electrons. The number of hydrogen-bond acceptors (Lipinski definition) is 4. The fraction of sp³-hybridized carbons (Fsp3) is 0.385. The number of carbonyl (C=O) groups is 2. The number of fused-ring (bicyclic) bond motifs is 1. The second-order valence-electron chi connectivity index (χ2n) is 4.96. The van der Waals surface area contributed by atoms with Gasteiger partial charge in [0.2, 0.25) is 0 Å². The number of amides is 1. The van der Waals surface area contributed by atoms with Gasteiger partial charge in [0.05, 0.1) is 5.39 Å². The molecule has 7 heteroatoms. The number of aliphatic carboxylic acids is 1.